The summed E-state index contributed by atoms with van der Waals surface area (Å²) < 4.78 is 0. The number of imide groups is 1. The van der Waals surface area contributed by atoms with Gasteiger partial charge >= 0.3 is 6.03 Å². The fraction of sp³-hybridized carbons (Fsp3) is 0.263. The molecular formula is C19H21N3O2. The standard InChI is InChI=1S/C19H21N3O2/c23-18(16-10-12-20-13-11-16)22-19(24)21-17-8-6-15(7-9-17)14-4-2-1-3-5-14/h1-9,16,20H,10-13H2,(H2,21,22,23,24). The smallest absolute Gasteiger partial charge is 0.317 e. The van der Waals surface area contributed by atoms with Crippen molar-refractivity contribution in [3.05, 3.63) is 54.6 Å². The van der Waals surface area contributed by atoms with E-state index >= 15 is 0 Å². The van der Waals surface area contributed by atoms with Crippen LogP contribution in [0.5, 0.6) is 0 Å². The van der Waals surface area contributed by atoms with Crippen molar-refractivity contribution in [2.75, 3.05) is 18.4 Å². The molecule has 2 aromatic carbocycles. The molecule has 24 heavy (non-hydrogen) atoms. The quantitative estimate of drug-likeness (QED) is 0.813. The van der Waals surface area contributed by atoms with Gasteiger partial charge < -0.3 is 10.6 Å². The molecular weight excluding hydrogens is 302 g/mol. The van der Waals surface area contributed by atoms with Gasteiger partial charge in [-0.3, -0.25) is 10.1 Å². The third kappa shape index (κ3) is 4.20. The van der Waals surface area contributed by atoms with Crippen molar-refractivity contribution in [2.45, 2.75) is 12.8 Å². The van der Waals surface area contributed by atoms with Gasteiger partial charge in [-0.25, -0.2) is 4.79 Å². The van der Waals surface area contributed by atoms with E-state index in [2.05, 4.69) is 16.0 Å². The molecule has 0 unspecified atom stereocenters. The number of rotatable bonds is 3. The van der Waals surface area contributed by atoms with Crippen molar-refractivity contribution in [2.24, 2.45) is 5.92 Å². The molecule has 0 aromatic heterocycles. The summed E-state index contributed by atoms with van der Waals surface area (Å²) in [5.74, 6) is -0.285. The van der Waals surface area contributed by atoms with E-state index in [1.54, 1.807) is 0 Å². The third-order valence-electron chi connectivity index (χ3n) is 4.20. The zero-order chi connectivity index (χ0) is 16.8. The number of carbonyl (C=O) groups excluding carboxylic acids is 2. The largest absolute Gasteiger partial charge is 0.325 e. The number of hydrogen-bond acceptors (Lipinski definition) is 3. The first-order chi connectivity index (χ1) is 11.7. The van der Waals surface area contributed by atoms with Gasteiger partial charge in [-0.2, -0.15) is 0 Å². The van der Waals surface area contributed by atoms with Crippen LogP contribution in [0.4, 0.5) is 10.5 Å². The fourth-order valence-corrected chi connectivity index (χ4v) is 2.84. The Morgan fingerprint density at radius 3 is 2.17 bits per heavy atom. The monoisotopic (exact) mass is 323 g/mol. The molecule has 124 valence electrons. The normalized spacial score (nSPS) is 14.8. The van der Waals surface area contributed by atoms with Crippen LogP contribution in [0, 0.1) is 5.92 Å². The van der Waals surface area contributed by atoms with Crippen molar-refractivity contribution in [3.8, 4) is 11.1 Å². The summed E-state index contributed by atoms with van der Waals surface area (Å²) in [5, 5.41) is 8.33. The second kappa shape index (κ2) is 7.75. The summed E-state index contributed by atoms with van der Waals surface area (Å²) >= 11 is 0. The molecule has 0 atom stereocenters. The van der Waals surface area contributed by atoms with Crippen molar-refractivity contribution in [1.29, 1.82) is 0 Å². The average Bonchev–Trinajstić information content (AvgIpc) is 2.64. The van der Waals surface area contributed by atoms with E-state index in [9.17, 15) is 9.59 Å². The summed E-state index contributed by atoms with van der Waals surface area (Å²) in [6, 6.07) is 17.1. The minimum Gasteiger partial charge on any atom is -0.317 e. The van der Waals surface area contributed by atoms with Crippen LogP contribution in [-0.2, 0) is 4.79 Å². The number of urea groups is 1. The highest BCUT2D eigenvalue weighted by Crippen LogP contribution is 2.21. The lowest BCUT2D eigenvalue weighted by atomic mass is 9.97. The first-order valence-electron chi connectivity index (χ1n) is 8.20. The molecule has 3 N–H and O–H groups in total. The van der Waals surface area contributed by atoms with Crippen molar-refractivity contribution < 1.29 is 9.59 Å². The molecule has 0 bridgehead atoms. The van der Waals surface area contributed by atoms with Crippen LogP contribution < -0.4 is 16.0 Å². The summed E-state index contributed by atoms with van der Waals surface area (Å²) in [6.07, 6.45) is 1.54. The van der Waals surface area contributed by atoms with Crippen LogP contribution in [-0.4, -0.2) is 25.0 Å². The Hall–Kier alpha value is -2.66. The second-order valence-corrected chi connectivity index (χ2v) is 5.91. The molecule has 2 aromatic rings. The van der Waals surface area contributed by atoms with Gasteiger partial charge in [0, 0.05) is 11.6 Å². The fourth-order valence-electron chi connectivity index (χ4n) is 2.84. The summed E-state index contributed by atoms with van der Waals surface area (Å²) in [7, 11) is 0. The molecule has 3 rings (SSSR count). The maximum absolute atomic E-state index is 12.0. The van der Waals surface area contributed by atoms with E-state index < -0.39 is 6.03 Å². The molecule has 1 aliphatic rings. The average molecular weight is 323 g/mol. The molecule has 5 nitrogen and oxygen atoms in total. The third-order valence-corrected chi connectivity index (χ3v) is 4.20. The number of carbonyl (C=O) groups is 2. The molecule has 1 aliphatic heterocycles. The molecule has 0 saturated carbocycles. The SMILES string of the molecule is O=C(NC(=O)C1CCNCC1)Nc1ccc(-c2ccccc2)cc1. The lowest BCUT2D eigenvalue weighted by Crippen LogP contribution is -2.42. The van der Waals surface area contributed by atoms with Crippen LogP contribution in [0.3, 0.4) is 0 Å². The molecule has 0 radical (unpaired) electrons. The van der Waals surface area contributed by atoms with Crippen LogP contribution in [0.1, 0.15) is 12.8 Å². The molecule has 0 aliphatic carbocycles. The van der Waals surface area contributed by atoms with E-state index in [4.69, 9.17) is 0 Å². The second-order valence-electron chi connectivity index (χ2n) is 5.91. The minimum atomic E-state index is -0.481. The number of amides is 3. The van der Waals surface area contributed by atoms with Crippen molar-refractivity contribution in [3.63, 3.8) is 0 Å². The Morgan fingerprint density at radius 1 is 0.875 bits per heavy atom. The molecule has 5 heteroatoms. The highest BCUT2D eigenvalue weighted by molar-refractivity contribution is 6.02. The Kier molecular flexibility index (Phi) is 5.23. The predicted molar refractivity (Wildman–Crippen MR) is 94.6 cm³/mol. The lowest BCUT2D eigenvalue weighted by Gasteiger charge is -2.21. The van der Waals surface area contributed by atoms with Gasteiger partial charge in [0.15, 0.2) is 0 Å². The number of hydrogen-bond donors (Lipinski definition) is 3. The highest BCUT2D eigenvalue weighted by Gasteiger charge is 2.22. The Balaban J connectivity index is 1.55. The topological polar surface area (TPSA) is 70.2 Å². The van der Waals surface area contributed by atoms with E-state index in [0.29, 0.717) is 5.69 Å². The first kappa shape index (κ1) is 16.2. The van der Waals surface area contributed by atoms with E-state index in [1.165, 1.54) is 0 Å². The van der Waals surface area contributed by atoms with Gasteiger partial charge in [0.1, 0.15) is 0 Å². The first-order valence-corrected chi connectivity index (χ1v) is 8.20. The van der Waals surface area contributed by atoms with Crippen molar-refractivity contribution in [1.82, 2.24) is 10.6 Å². The molecule has 0 spiro atoms. The van der Waals surface area contributed by atoms with Gasteiger partial charge in [-0.1, -0.05) is 42.5 Å². The van der Waals surface area contributed by atoms with Crippen LogP contribution in [0.2, 0.25) is 0 Å². The van der Waals surface area contributed by atoms with Crippen LogP contribution in [0.25, 0.3) is 11.1 Å². The zero-order valence-electron chi connectivity index (χ0n) is 13.4. The van der Waals surface area contributed by atoms with Gasteiger partial charge in [-0.05, 0) is 49.2 Å². The van der Waals surface area contributed by atoms with Crippen LogP contribution >= 0.6 is 0 Å². The summed E-state index contributed by atoms with van der Waals surface area (Å²) in [4.78, 5) is 24.0. The number of benzene rings is 2. The molecule has 1 saturated heterocycles. The Labute approximate surface area is 141 Å². The maximum Gasteiger partial charge on any atom is 0.325 e. The van der Waals surface area contributed by atoms with Gasteiger partial charge in [0.2, 0.25) is 5.91 Å². The number of piperidine rings is 1. The Bertz CT molecular complexity index is 692. The number of anilines is 1. The van der Waals surface area contributed by atoms with E-state index in [1.807, 2.05) is 54.6 Å². The van der Waals surface area contributed by atoms with Crippen LogP contribution in [0.15, 0.2) is 54.6 Å². The zero-order valence-corrected chi connectivity index (χ0v) is 13.4. The predicted octanol–water partition coefficient (Wildman–Crippen LogP) is 3.00. The molecule has 1 heterocycles. The van der Waals surface area contributed by atoms with Crippen molar-refractivity contribution >= 4 is 17.6 Å². The number of nitrogens with one attached hydrogen (secondary N) is 3. The molecule has 3 amide bonds. The maximum atomic E-state index is 12.0. The van der Waals surface area contributed by atoms with Gasteiger partial charge in [-0.15, -0.1) is 0 Å². The lowest BCUT2D eigenvalue weighted by molar-refractivity contribution is -0.124. The van der Waals surface area contributed by atoms with E-state index in [0.717, 1.165) is 37.1 Å². The molecule has 1 fully saturated rings. The van der Waals surface area contributed by atoms with E-state index in [-0.39, 0.29) is 11.8 Å². The highest BCUT2D eigenvalue weighted by atomic mass is 16.2. The Morgan fingerprint density at radius 2 is 1.50 bits per heavy atom. The van der Waals surface area contributed by atoms with Gasteiger partial charge in [0.25, 0.3) is 0 Å². The summed E-state index contributed by atoms with van der Waals surface area (Å²) in [6.45, 7) is 1.64. The summed E-state index contributed by atoms with van der Waals surface area (Å²) in [5.41, 5.74) is 2.85. The minimum absolute atomic E-state index is 0.0857. The van der Waals surface area contributed by atoms with Gasteiger partial charge in [0.05, 0.1) is 0 Å².